The van der Waals surface area contributed by atoms with Crippen LogP contribution in [0, 0.1) is 5.92 Å². The average Bonchev–Trinajstić information content (AvgIpc) is 1.66. The lowest BCUT2D eigenvalue weighted by molar-refractivity contribution is -0.161. The van der Waals surface area contributed by atoms with Crippen molar-refractivity contribution in [2.24, 2.45) is 5.92 Å². The Kier molecular flexibility index (Phi) is 68.7. The van der Waals surface area contributed by atoms with Gasteiger partial charge in [-0.1, -0.05) is 356 Å². The SMILES string of the molecule is CCCCCCCCCCCCCCCCCC(=O)OC[C@H](COP(=O)(O)OC[C@@H](O)COP(=O)(O)OC[C@@H](COC(=O)CCCCCCCCCCCCC)OC(=O)CCCCCCCCCCCCC)OC(=O)CCCCCCCCCCCCCCCCCCC(C)C. The number of hydrogen-bond acceptors (Lipinski definition) is 15. The lowest BCUT2D eigenvalue weighted by Gasteiger charge is -2.21. The van der Waals surface area contributed by atoms with Gasteiger partial charge in [0.05, 0.1) is 26.4 Å². The molecule has 0 amide bonds. The van der Waals surface area contributed by atoms with E-state index in [4.69, 9.17) is 37.0 Å². The van der Waals surface area contributed by atoms with E-state index in [1.165, 1.54) is 231 Å². The van der Waals surface area contributed by atoms with Gasteiger partial charge < -0.3 is 33.8 Å². The Balaban J connectivity index is 5.22. The molecule has 0 aliphatic carbocycles. The Morgan fingerprint density at radius 2 is 0.479 bits per heavy atom. The molecule has 0 aromatic heterocycles. The van der Waals surface area contributed by atoms with Gasteiger partial charge in [-0.15, -0.1) is 0 Å². The molecular formula is C77H150O17P2. The van der Waals surface area contributed by atoms with E-state index in [0.29, 0.717) is 25.7 Å². The van der Waals surface area contributed by atoms with Gasteiger partial charge in [0, 0.05) is 25.7 Å². The monoisotopic (exact) mass is 1410 g/mol. The van der Waals surface area contributed by atoms with Gasteiger partial charge in [-0.25, -0.2) is 9.13 Å². The van der Waals surface area contributed by atoms with Gasteiger partial charge in [-0.2, -0.15) is 0 Å². The van der Waals surface area contributed by atoms with Gasteiger partial charge in [-0.3, -0.25) is 37.3 Å². The van der Waals surface area contributed by atoms with Crippen molar-refractivity contribution in [3.8, 4) is 0 Å². The molecule has 570 valence electrons. The number of esters is 4. The number of phosphoric acid groups is 2. The van der Waals surface area contributed by atoms with Gasteiger partial charge >= 0.3 is 39.5 Å². The summed E-state index contributed by atoms with van der Waals surface area (Å²) in [7, 11) is -9.91. The second kappa shape index (κ2) is 70.1. The molecule has 0 aromatic carbocycles. The van der Waals surface area contributed by atoms with Gasteiger partial charge in [-0.05, 0) is 31.6 Å². The summed E-state index contributed by atoms with van der Waals surface area (Å²) in [6, 6.07) is 0. The lowest BCUT2D eigenvalue weighted by atomic mass is 10.0. The van der Waals surface area contributed by atoms with Crippen molar-refractivity contribution >= 4 is 39.5 Å². The van der Waals surface area contributed by atoms with E-state index in [0.717, 1.165) is 95.8 Å². The minimum Gasteiger partial charge on any atom is -0.462 e. The van der Waals surface area contributed by atoms with Crippen LogP contribution < -0.4 is 0 Å². The predicted molar refractivity (Wildman–Crippen MR) is 391 cm³/mol. The molecule has 0 rings (SSSR count). The zero-order valence-electron chi connectivity index (χ0n) is 62.5. The number of phosphoric ester groups is 2. The fraction of sp³-hybridized carbons (Fsp3) is 0.948. The molecule has 0 fully saturated rings. The fourth-order valence-electron chi connectivity index (χ4n) is 11.9. The van der Waals surface area contributed by atoms with Crippen molar-refractivity contribution in [2.75, 3.05) is 39.6 Å². The summed E-state index contributed by atoms with van der Waals surface area (Å²) < 4.78 is 68.6. The maximum absolute atomic E-state index is 13.1. The number of hydrogen-bond donors (Lipinski definition) is 3. The standard InChI is InChI=1S/C77H150O17P2/c1-6-9-12-15-18-21-24-25-28-32-37-41-46-51-56-61-75(80)88-67-73(94-77(82)63-58-53-48-43-38-33-30-27-26-29-31-36-39-44-49-54-59-70(4)5)69-92-96(85,86)90-65-71(78)64-89-95(83,84)91-68-72(93-76(81)62-57-52-47-42-35-23-20-17-14-11-8-3)66-87-74(79)60-55-50-45-40-34-22-19-16-13-10-7-2/h70-73,78H,6-69H2,1-5H3,(H,83,84)(H,85,86)/t71-,72+,73+/m0/s1. The Morgan fingerprint density at radius 3 is 0.708 bits per heavy atom. The number of ether oxygens (including phenoxy) is 4. The molecule has 19 heteroatoms. The zero-order chi connectivity index (χ0) is 70.5. The number of aliphatic hydroxyl groups excluding tert-OH is 1. The van der Waals surface area contributed by atoms with E-state index >= 15 is 0 Å². The van der Waals surface area contributed by atoms with Crippen LogP contribution in [-0.2, 0) is 65.4 Å². The summed E-state index contributed by atoms with van der Waals surface area (Å²) >= 11 is 0. The number of rotatable bonds is 77. The topological polar surface area (TPSA) is 237 Å². The zero-order valence-corrected chi connectivity index (χ0v) is 64.3. The molecule has 0 aliphatic rings. The minimum absolute atomic E-state index is 0.108. The molecule has 3 N–H and O–H groups in total. The number of unbranched alkanes of at least 4 members (excludes halogenated alkanes) is 49. The second-order valence-corrected chi connectivity index (χ2v) is 31.1. The molecule has 0 bridgehead atoms. The van der Waals surface area contributed by atoms with Crippen LogP contribution in [0.3, 0.4) is 0 Å². The van der Waals surface area contributed by atoms with Crippen LogP contribution in [0.5, 0.6) is 0 Å². The summed E-state index contributed by atoms with van der Waals surface area (Å²) in [5.74, 6) is -1.30. The molecule has 96 heavy (non-hydrogen) atoms. The largest absolute Gasteiger partial charge is 0.472 e. The van der Waals surface area contributed by atoms with Crippen LogP contribution in [0.4, 0.5) is 0 Å². The van der Waals surface area contributed by atoms with E-state index < -0.39 is 97.5 Å². The van der Waals surface area contributed by atoms with E-state index in [-0.39, 0.29) is 25.7 Å². The van der Waals surface area contributed by atoms with E-state index in [1.807, 2.05) is 0 Å². The first-order valence-corrected chi connectivity index (χ1v) is 43.1. The summed E-state index contributed by atoms with van der Waals surface area (Å²) in [6.45, 7) is 7.33. The molecule has 0 aromatic rings. The van der Waals surface area contributed by atoms with Gasteiger partial charge in [0.15, 0.2) is 12.2 Å². The number of carbonyl (C=O) groups excluding carboxylic acids is 4. The summed E-state index contributed by atoms with van der Waals surface area (Å²) in [4.78, 5) is 72.8. The van der Waals surface area contributed by atoms with Crippen molar-refractivity contribution in [2.45, 2.75) is 425 Å². The molecule has 0 heterocycles. The molecule has 17 nitrogen and oxygen atoms in total. The van der Waals surface area contributed by atoms with Crippen LogP contribution in [0.2, 0.25) is 0 Å². The molecule has 5 atom stereocenters. The summed E-state index contributed by atoms with van der Waals surface area (Å²) in [5.41, 5.74) is 0. The van der Waals surface area contributed by atoms with Crippen molar-refractivity contribution in [3.63, 3.8) is 0 Å². The highest BCUT2D eigenvalue weighted by Gasteiger charge is 2.30. The van der Waals surface area contributed by atoms with Gasteiger partial charge in [0.25, 0.3) is 0 Å². The number of carbonyl (C=O) groups is 4. The Labute approximate surface area is 588 Å². The number of aliphatic hydroxyl groups is 1. The van der Waals surface area contributed by atoms with E-state index in [2.05, 4.69) is 34.6 Å². The Hall–Kier alpha value is -1.94. The molecule has 2 unspecified atom stereocenters. The first-order valence-electron chi connectivity index (χ1n) is 40.1. The Bertz CT molecular complexity index is 1840. The first kappa shape index (κ1) is 94.1. The predicted octanol–water partition coefficient (Wildman–Crippen LogP) is 22.9. The minimum atomic E-state index is -4.96. The smallest absolute Gasteiger partial charge is 0.462 e. The summed E-state index contributed by atoms with van der Waals surface area (Å²) in [6.07, 6.45) is 59.5. The van der Waals surface area contributed by atoms with Crippen molar-refractivity contribution in [3.05, 3.63) is 0 Å². The third kappa shape index (κ3) is 70.5. The van der Waals surface area contributed by atoms with Crippen LogP contribution in [0.25, 0.3) is 0 Å². The maximum Gasteiger partial charge on any atom is 0.472 e. The highest BCUT2D eigenvalue weighted by Crippen LogP contribution is 2.45. The van der Waals surface area contributed by atoms with E-state index in [1.54, 1.807) is 0 Å². The highest BCUT2D eigenvalue weighted by molar-refractivity contribution is 7.47. The van der Waals surface area contributed by atoms with Gasteiger partial charge in [0.2, 0.25) is 0 Å². The molecule has 0 saturated heterocycles. The first-order chi connectivity index (χ1) is 46.5. The van der Waals surface area contributed by atoms with Crippen molar-refractivity contribution in [1.82, 2.24) is 0 Å². The molecule has 0 saturated carbocycles. The normalized spacial score (nSPS) is 13.9. The maximum atomic E-state index is 13.1. The van der Waals surface area contributed by atoms with Crippen LogP contribution in [0.1, 0.15) is 407 Å². The van der Waals surface area contributed by atoms with Crippen molar-refractivity contribution in [1.29, 1.82) is 0 Å². The van der Waals surface area contributed by atoms with Crippen molar-refractivity contribution < 1.29 is 80.2 Å². The van der Waals surface area contributed by atoms with Crippen LogP contribution in [0.15, 0.2) is 0 Å². The molecular weight excluding hydrogens is 1260 g/mol. The van der Waals surface area contributed by atoms with Crippen LogP contribution in [-0.4, -0.2) is 96.7 Å². The quantitative estimate of drug-likeness (QED) is 0.0222. The second-order valence-electron chi connectivity index (χ2n) is 28.2. The third-order valence-corrected chi connectivity index (χ3v) is 19.9. The summed E-state index contributed by atoms with van der Waals surface area (Å²) in [5, 5.41) is 10.6. The molecule has 0 radical (unpaired) electrons. The van der Waals surface area contributed by atoms with E-state index in [9.17, 15) is 43.2 Å². The average molecular weight is 1410 g/mol. The van der Waals surface area contributed by atoms with Gasteiger partial charge in [0.1, 0.15) is 19.3 Å². The Morgan fingerprint density at radius 1 is 0.281 bits per heavy atom. The lowest BCUT2D eigenvalue weighted by Crippen LogP contribution is -2.30. The molecule has 0 spiro atoms. The fourth-order valence-corrected chi connectivity index (χ4v) is 13.5. The highest BCUT2D eigenvalue weighted by atomic mass is 31.2. The van der Waals surface area contributed by atoms with Crippen LogP contribution >= 0.6 is 15.6 Å². The third-order valence-electron chi connectivity index (χ3n) is 18.0. The molecule has 0 aliphatic heterocycles.